The first-order valence-corrected chi connectivity index (χ1v) is 9.31. The first-order chi connectivity index (χ1) is 10.2. The van der Waals surface area contributed by atoms with Gasteiger partial charge in [-0.2, -0.15) is 0 Å². The van der Waals surface area contributed by atoms with Crippen LogP contribution in [0.15, 0.2) is 24.3 Å². The predicted octanol–water partition coefficient (Wildman–Crippen LogP) is 5.27. The molecule has 0 bridgehead atoms. The summed E-state index contributed by atoms with van der Waals surface area (Å²) in [6.07, 6.45) is 6.63. The van der Waals surface area contributed by atoms with Gasteiger partial charge in [0, 0.05) is 23.7 Å². The molecule has 1 aromatic rings. The van der Waals surface area contributed by atoms with Crippen LogP contribution >= 0.6 is 23.4 Å². The third-order valence-corrected chi connectivity index (χ3v) is 5.34. The second-order valence-electron chi connectivity index (χ2n) is 5.53. The average molecular weight is 326 g/mol. The number of halogens is 1. The van der Waals surface area contributed by atoms with E-state index in [-0.39, 0.29) is 5.37 Å². The van der Waals surface area contributed by atoms with E-state index in [1.165, 1.54) is 25.7 Å². The average Bonchev–Trinajstić information content (AvgIpc) is 2.96. The summed E-state index contributed by atoms with van der Waals surface area (Å²) >= 11 is 7.90. The van der Waals surface area contributed by atoms with Crippen molar-refractivity contribution in [1.29, 1.82) is 0 Å². The van der Waals surface area contributed by atoms with Crippen molar-refractivity contribution in [2.45, 2.75) is 50.8 Å². The zero-order valence-corrected chi connectivity index (χ0v) is 14.3. The summed E-state index contributed by atoms with van der Waals surface area (Å²) in [5.74, 6) is 1.31. The third kappa shape index (κ3) is 4.93. The van der Waals surface area contributed by atoms with Gasteiger partial charge in [0.05, 0.1) is 0 Å². The quantitative estimate of drug-likeness (QED) is 0.636. The van der Waals surface area contributed by atoms with Gasteiger partial charge in [0.15, 0.2) is 0 Å². The number of unbranched alkanes of at least 4 members (excludes halogenated alkanes) is 4. The van der Waals surface area contributed by atoms with Gasteiger partial charge in [-0.1, -0.05) is 56.3 Å². The van der Waals surface area contributed by atoms with Crippen molar-refractivity contribution >= 4 is 29.3 Å². The predicted molar refractivity (Wildman–Crippen MR) is 91.7 cm³/mol. The molecule has 1 aliphatic heterocycles. The largest absolute Gasteiger partial charge is 0.326 e. The molecule has 2 rings (SSSR count). The number of carbonyl (C=O) groups excluding carboxylic acids is 1. The lowest BCUT2D eigenvalue weighted by Crippen LogP contribution is -2.30. The van der Waals surface area contributed by atoms with E-state index < -0.39 is 0 Å². The highest BCUT2D eigenvalue weighted by atomic mass is 35.5. The maximum absolute atomic E-state index is 12.4. The summed E-state index contributed by atoms with van der Waals surface area (Å²) < 4.78 is 0. The van der Waals surface area contributed by atoms with Crippen molar-refractivity contribution in [2.24, 2.45) is 0 Å². The zero-order valence-electron chi connectivity index (χ0n) is 12.7. The highest BCUT2D eigenvalue weighted by Gasteiger charge is 2.30. The Labute approximate surface area is 137 Å². The molecular weight excluding hydrogens is 302 g/mol. The van der Waals surface area contributed by atoms with E-state index in [0.29, 0.717) is 12.3 Å². The highest BCUT2D eigenvalue weighted by molar-refractivity contribution is 7.99. The summed E-state index contributed by atoms with van der Waals surface area (Å²) in [6, 6.07) is 7.89. The van der Waals surface area contributed by atoms with Gasteiger partial charge in [0.25, 0.3) is 0 Å². The lowest BCUT2D eigenvalue weighted by atomic mass is 10.1. The molecule has 1 atom stereocenters. The van der Waals surface area contributed by atoms with Crippen molar-refractivity contribution < 1.29 is 4.79 Å². The van der Waals surface area contributed by atoms with E-state index >= 15 is 0 Å². The summed E-state index contributed by atoms with van der Waals surface area (Å²) in [4.78, 5) is 14.5. The van der Waals surface area contributed by atoms with Crippen LogP contribution in [0.25, 0.3) is 0 Å². The molecule has 1 aromatic carbocycles. The molecule has 0 N–H and O–H groups in total. The fourth-order valence-corrected chi connectivity index (χ4v) is 4.15. The van der Waals surface area contributed by atoms with Gasteiger partial charge < -0.3 is 4.90 Å². The van der Waals surface area contributed by atoms with Gasteiger partial charge in [0.2, 0.25) is 5.91 Å². The Morgan fingerprint density at radius 1 is 1.33 bits per heavy atom. The van der Waals surface area contributed by atoms with Crippen molar-refractivity contribution in [3.63, 3.8) is 0 Å². The van der Waals surface area contributed by atoms with Crippen molar-refractivity contribution in [1.82, 2.24) is 4.90 Å². The van der Waals surface area contributed by atoms with Crippen LogP contribution in [0.4, 0.5) is 0 Å². The standard InChI is InChI=1S/C17H24ClNOS/c1-2-3-4-5-6-10-16(20)19-11-12-21-17(19)14-8-7-9-15(18)13-14/h7-9,13,17H,2-6,10-12H2,1H3. The fraction of sp³-hybridized carbons (Fsp3) is 0.588. The number of amides is 1. The Hall–Kier alpha value is -0.670. The maximum atomic E-state index is 12.4. The van der Waals surface area contributed by atoms with Crippen molar-refractivity contribution in [3.05, 3.63) is 34.9 Å². The summed E-state index contributed by atoms with van der Waals surface area (Å²) in [7, 11) is 0. The van der Waals surface area contributed by atoms with Crippen LogP contribution in [0.2, 0.25) is 5.02 Å². The Balaban J connectivity index is 1.88. The number of nitrogens with zero attached hydrogens (tertiary/aromatic N) is 1. The van der Waals surface area contributed by atoms with E-state index in [9.17, 15) is 4.79 Å². The zero-order chi connectivity index (χ0) is 15.1. The van der Waals surface area contributed by atoms with Gasteiger partial charge in [-0.05, 0) is 24.1 Å². The van der Waals surface area contributed by atoms with E-state index in [0.717, 1.165) is 29.3 Å². The Bertz CT molecular complexity index is 466. The smallest absolute Gasteiger partial charge is 0.223 e. The molecular formula is C17H24ClNOS. The van der Waals surface area contributed by atoms with E-state index in [2.05, 4.69) is 13.0 Å². The third-order valence-electron chi connectivity index (χ3n) is 3.84. The van der Waals surface area contributed by atoms with E-state index in [1.54, 1.807) is 0 Å². The van der Waals surface area contributed by atoms with Crippen LogP contribution in [0.3, 0.4) is 0 Å². The number of rotatable bonds is 7. The van der Waals surface area contributed by atoms with Crippen LogP contribution in [-0.4, -0.2) is 23.1 Å². The Morgan fingerprint density at radius 3 is 2.90 bits per heavy atom. The Morgan fingerprint density at radius 2 is 2.14 bits per heavy atom. The van der Waals surface area contributed by atoms with Crippen molar-refractivity contribution in [3.8, 4) is 0 Å². The van der Waals surface area contributed by atoms with Gasteiger partial charge in [-0.15, -0.1) is 11.8 Å². The summed E-state index contributed by atoms with van der Waals surface area (Å²) in [5.41, 5.74) is 1.14. The normalized spacial score (nSPS) is 18.2. The monoisotopic (exact) mass is 325 g/mol. The second kappa shape index (κ2) is 8.70. The molecule has 0 radical (unpaired) electrons. The van der Waals surface area contributed by atoms with Gasteiger partial charge in [-0.3, -0.25) is 4.79 Å². The lowest BCUT2D eigenvalue weighted by molar-refractivity contribution is -0.131. The number of hydrogen-bond acceptors (Lipinski definition) is 2. The minimum absolute atomic E-state index is 0.145. The minimum Gasteiger partial charge on any atom is -0.326 e. The minimum atomic E-state index is 0.145. The van der Waals surface area contributed by atoms with E-state index in [4.69, 9.17) is 11.6 Å². The molecule has 0 aliphatic carbocycles. The second-order valence-corrected chi connectivity index (χ2v) is 7.15. The lowest BCUT2D eigenvalue weighted by Gasteiger charge is -2.24. The van der Waals surface area contributed by atoms with Gasteiger partial charge in [0.1, 0.15) is 5.37 Å². The number of thioether (sulfide) groups is 1. The number of carbonyl (C=O) groups is 1. The highest BCUT2D eigenvalue weighted by Crippen LogP contribution is 2.39. The summed E-state index contributed by atoms with van der Waals surface area (Å²) in [6.45, 7) is 3.07. The molecule has 0 spiro atoms. The van der Waals surface area contributed by atoms with Crippen LogP contribution < -0.4 is 0 Å². The maximum Gasteiger partial charge on any atom is 0.223 e. The molecule has 1 unspecified atom stereocenters. The molecule has 0 aromatic heterocycles. The SMILES string of the molecule is CCCCCCCC(=O)N1CCSC1c1cccc(Cl)c1. The van der Waals surface area contributed by atoms with Crippen molar-refractivity contribution in [2.75, 3.05) is 12.3 Å². The molecule has 1 aliphatic rings. The molecule has 1 fully saturated rings. The fourth-order valence-electron chi connectivity index (χ4n) is 2.69. The van der Waals surface area contributed by atoms with Crippen LogP contribution in [0.1, 0.15) is 56.4 Å². The topological polar surface area (TPSA) is 20.3 Å². The molecule has 1 amide bonds. The number of benzene rings is 1. The molecule has 1 saturated heterocycles. The van der Waals surface area contributed by atoms with Crippen LogP contribution in [-0.2, 0) is 4.79 Å². The van der Waals surface area contributed by atoms with Gasteiger partial charge in [-0.25, -0.2) is 0 Å². The molecule has 2 nitrogen and oxygen atoms in total. The first-order valence-electron chi connectivity index (χ1n) is 7.89. The number of hydrogen-bond donors (Lipinski definition) is 0. The van der Waals surface area contributed by atoms with E-state index in [1.807, 2.05) is 34.9 Å². The van der Waals surface area contributed by atoms with Gasteiger partial charge >= 0.3 is 0 Å². The molecule has 21 heavy (non-hydrogen) atoms. The Kier molecular flexibility index (Phi) is 6.91. The van der Waals surface area contributed by atoms with Crippen LogP contribution in [0, 0.1) is 0 Å². The summed E-state index contributed by atoms with van der Waals surface area (Å²) in [5, 5.41) is 0.888. The first kappa shape index (κ1) is 16.7. The van der Waals surface area contributed by atoms with Crippen LogP contribution in [0.5, 0.6) is 0 Å². The molecule has 116 valence electrons. The molecule has 4 heteroatoms. The molecule has 1 heterocycles. The molecule has 0 saturated carbocycles.